The van der Waals surface area contributed by atoms with Crippen LogP contribution in [-0.4, -0.2) is 29.8 Å². The standard InChI is InChI=1S/C23H32N2O3/c1-15(2)20(22(27)25(7)14-19-13-8-16(3)28-19)24-21(26)17-9-11-18(12-10-17)23(4,5)6/h8-13,15,20H,14H2,1-7H3,(H,24,26). The molecule has 2 amide bonds. The van der Waals surface area contributed by atoms with E-state index in [2.05, 4.69) is 26.1 Å². The molecule has 1 aromatic carbocycles. The first-order valence-corrected chi connectivity index (χ1v) is 9.70. The van der Waals surface area contributed by atoms with E-state index in [0.29, 0.717) is 12.1 Å². The summed E-state index contributed by atoms with van der Waals surface area (Å²) in [5, 5.41) is 2.90. The molecule has 0 spiro atoms. The van der Waals surface area contributed by atoms with Crippen LogP contribution in [0.25, 0.3) is 0 Å². The number of carbonyl (C=O) groups excluding carboxylic acids is 2. The summed E-state index contributed by atoms with van der Waals surface area (Å²) in [6.07, 6.45) is 0. The first-order valence-electron chi connectivity index (χ1n) is 9.70. The van der Waals surface area contributed by atoms with Crippen molar-refractivity contribution in [3.63, 3.8) is 0 Å². The molecule has 1 unspecified atom stereocenters. The van der Waals surface area contributed by atoms with Crippen molar-refractivity contribution in [2.75, 3.05) is 7.05 Å². The Labute approximate surface area is 168 Å². The molecule has 0 aliphatic rings. The number of aryl methyl sites for hydroxylation is 1. The van der Waals surface area contributed by atoms with Crippen molar-refractivity contribution in [1.29, 1.82) is 0 Å². The second-order valence-electron chi connectivity index (χ2n) is 8.73. The lowest BCUT2D eigenvalue weighted by atomic mass is 9.86. The monoisotopic (exact) mass is 384 g/mol. The molecule has 0 bridgehead atoms. The van der Waals surface area contributed by atoms with Crippen LogP contribution >= 0.6 is 0 Å². The van der Waals surface area contributed by atoms with Crippen LogP contribution < -0.4 is 5.32 Å². The molecule has 0 saturated carbocycles. The minimum absolute atomic E-state index is 0.0261. The molecule has 0 radical (unpaired) electrons. The number of benzene rings is 1. The van der Waals surface area contributed by atoms with Crippen LogP contribution in [0.4, 0.5) is 0 Å². The zero-order valence-electron chi connectivity index (χ0n) is 18.0. The van der Waals surface area contributed by atoms with Crippen molar-refractivity contribution in [1.82, 2.24) is 10.2 Å². The van der Waals surface area contributed by atoms with Crippen LogP contribution in [0, 0.1) is 12.8 Å². The van der Waals surface area contributed by atoms with E-state index in [-0.39, 0.29) is 23.1 Å². The summed E-state index contributed by atoms with van der Waals surface area (Å²) in [6.45, 7) is 12.5. The van der Waals surface area contributed by atoms with Gasteiger partial charge in [-0.1, -0.05) is 46.8 Å². The summed E-state index contributed by atoms with van der Waals surface area (Å²) in [5.41, 5.74) is 1.74. The predicted molar refractivity (Wildman–Crippen MR) is 111 cm³/mol. The first kappa shape index (κ1) is 21.7. The topological polar surface area (TPSA) is 62.6 Å². The smallest absolute Gasteiger partial charge is 0.251 e. The normalized spacial score (nSPS) is 12.7. The van der Waals surface area contributed by atoms with Crippen LogP contribution in [0.15, 0.2) is 40.8 Å². The van der Waals surface area contributed by atoms with Crippen LogP contribution in [0.3, 0.4) is 0 Å². The number of hydrogen-bond donors (Lipinski definition) is 1. The van der Waals surface area contributed by atoms with Gasteiger partial charge in [0.05, 0.1) is 6.54 Å². The van der Waals surface area contributed by atoms with E-state index in [1.54, 1.807) is 11.9 Å². The van der Waals surface area contributed by atoms with E-state index < -0.39 is 6.04 Å². The molecule has 1 N–H and O–H groups in total. The van der Waals surface area contributed by atoms with Crippen LogP contribution in [-0.2, 0) is 16.8 Å². The van der Waals surface area contributed by atoms with Crippen molar-refractivity contribution in [3.05, 3.63) is 59.0 Å². The molecule has 1 aromatic heterocycles. The quantitative estimate of drug-likeness (QED) is 0.808. The molecule has 0 fully saturated rings. The second kappa shape index (κ2) is 8.63. The van der Waals surface area contributed by atoms with Gasteiger partial charge in [0.1, 0.15) is 17.6 Å². The summed E-state index contributed by atoms with van der Waals surface area (Å²) in [6, 6.07) is 10.7. The average molecular weight is 385 g/mol. The van der Waals surface area contributed by atoms with E-state index in [0.717, 1.165) is 17.1 Å². The van der Waals surface area contributed by atoms with Crippen molar-refractivity contribution >= 4 is 11.8 Å². The Morgan fingerprint density at radius 1 is 1.07 bits per heavy atom. The highest BCUT2D eigenvalue weighted by Gasteiger charge is 2.28. The van der Waals surface area contributed by atoms with Crippen molar-refractivity contribution in [2.45, 2.75) is 59.5 Å². The average Bonchev–Trinajstić information content (AvgIpc) is 3.02. The number of rotatable bonds is 6. The molecule has 1 atom stereocenters. The third kappa shape index (κ3) is 5.47. The Balaban J connectivity index is 2.08. The lowest BCUT2D eigenvalue weighted by molar-refractivity contribution is -0.133. The highest BCUT2D eigenvalue weighted by atomic mass is 16.3. The van der Waals surface area contributed by atoms with E-state index in [1.165, 1.54) is 0 Å². The fourth-order valence-electron chi connectivity index (χ4n) is 2.98. The SMILES string of the molecule is Cc1ccc(CN(C)C(=O)C(NC(=O)c2ccc(C(C)(C)C)cc2)C(C)C)o1. The second-order valence-corrected chi connectivity index (χ2v) is 8.73. The molecular weight excluding hydrogens is 352 g/mol. The van der Waals surface area contributed by atoms with Crippen LogP contribution in [0.1, 0.15) is 62.1 Å². The van der Waals surface area contributed by atoms with Gasteiger partial charge in [-0.25, -0.2) is 0 Å². The Kier molecular flexibility index (Phi) is 6.70. The van der Waals surface area contributed by atoms with E-state index >= 15 is 0 Å². The Morgan fingerprint density at radius 3 is 2.14 bits per heavy atom. The summed E-state index contributed by atoms with van der Waals surface area (Å²) >= 11 is 0. The van der Waals surface area contributed by atoms with Gasteiger partial charge in [0.15, 0.2) is 0 Å². The van der Waals surface area contributed by atoms with Gasteiger partial charge in [-0.3, -0.25) is 9.59 Å². The van der Waals surface area contributed by atoms with Gasteiger partial charge in [-0.2, -0.15) is 0 Å². The maximum atomic E-state index is 12.9. The largest absolute Gasteiger partial charge is 0.464 e. The Bertz CT molecular complexity index is 813. The number of carbonyl (C=O) groups is 2. The van der Waals surface area contributed by atoms with Gasteiger partial charge in [0.2, 0.25) is 5.91 Å². The molecule has 2 rings (SSSR count). The number of likely N-dealkylation sites (N-methyl/N-ethyl adjacent to an activating group) is 1. The Morgan fingerprint density at radius 2 is 1.68 bits per heavy atom. The maximum Gasteiger partial charge on any atom is 0.251 e. The van der Waals surface area contributed by atoms with Gasteiger partial charge in [-0.15, -0.1) is 0 Å². The van der Waals surface area contributed by atoms with Crippen molar-refractivity contribution in [2.24, 2.45) is 5.92 Å². The third-order valence-corrected chi connectivity index (χ3v) is 4.80. The highest BCUT2D eigenvalue weighted by molar-refractivity contribution is 5.97. The lowest BCUT2D eigenvalue weighted by Gasteiger charge is -2.27. The molecule has 5 nitrogen and oxygen atoms in total. The van der Waals surface area contributed by atoms with Crippen molar-refractivity contribution < 1.29 is 14.0 Å². The lowest BCUT2D eigenvalue weighted by Crippen LogP contribution is -2.50. The number of amides is 2. The molecule has 152 valence electrons. The number of hydrogen-bond acceptors (Lipinski definition) is 3. The minimum Gasteiger partial charge on any atom is -0.464 e. The molecule has 0 saturated heterocycles. The summed E-state index contributed by atoms with van der Waals surface area (Å²) in [4.78, 5) is 27.2. The van der Waals surface area contributed by atoms with E-state index in [1.807, 2.05) is 57.2 Å². The van der Waals surface area contributed by atoms with Gasteiger partial charge in [0.25, 0.3) is 5.91 Å². The van der Waals surface area contributed by atoms with Gasteiger partial charge in [-0.05, 0) is 48.1 Å². The fourth-order valence-corrected chi connectivity index (χ4v) is 2.98. The first-order chi connectivity index (χ1) is 13.0. The molecule has 2 aromatic rings. The van der Waals surface area contributed by atoms with E-state index in [9.17, 15) is 9.59 Å². The van der Waals surface area contributed by atoms with Gasteiger partial charge in [0, 0.05) is 12.6 Å². The zero-order chi connectivity index (χ0) is 21.1. The predicted octanol–water partition coefficient (Wildman–Crippen LogP) is 4.30. The molecular formula is C23H32N2O3. The molecule has 0 aliphatic heterocycles. The summed E-state index contributed by atoms with van der Waals surface area (Å²) < 4.78 is 5.55. The third-order valence-electron chi connectivity index (χ3n) is 4.80. The number of nitrogens with zero attached hydrogens (tertiary/aromatic N) is 1. The number of nitrogens with one attached hydrogen (secondary N) is 1. The van der Waals surface area contributed by atoms with Crippen molar-refractivity contribution in [3.8, 4) is 0 Å². The number of furan rings is 1. The summed E-state index contributed by atoms with van der Waals surface area (Å²) in [5.74, 6) is 1.12. The van der Waals surface area contributed by atoms with Crippen LogP contribution in [0.5, 0.6) is 0 Å². The Hall–Kier alpha value is -2.56. The van der Waals surface area contributed by atoms with Gasteiger partial charge >= 0.3 is 0 Å². The summed E-state index contributed by atoms with van der Waals surface area (Å²) in [7, 11) is 1.72. The maximum absolute atomic E-state index is 12.9. The van der Waals surface area contributed by atoms with Crippen LogP contribution in [0.2, 0.25) is 0 Å². The zero-order valence-corrected chi connectivity index (χ0v) is 18.0. The highest BCUT2D eigenvalue weighted by Crippen LogP contribution is 2.22. The molecule has 0 aliphatic carbocycles. The van der Waals surface area contributed by atoms with E-state index in [4.69, 9.17) is 4.42 Å². The molecule has 5 heteroatoms. The minimum atomic E-state index is -0.601. The fraction of sp³-hybridized carbons (Fsp3) is 0.478. The van der Waals surface area contributed by atoms with Gasteiger partial charge < -0.3 is 14.6 Å². The molecule has 1 heterocycles. The molecule has 28 heavy (non-hydrogen) atoms.